The van der Waals surface area contributed by atoms with Crippen LogP contribution in [0.2, 0.25) is 5.02 Å². The number of nitrogens with zero attached hydrogens (tertiary/aromatic N) is 1. The van der Waals surface area contributed by atoms with Gasteiger partial charge in [0, 0.05) is 11.2 Å². The van der Waals surface area contributed by atoms with Crippen molar-refractivity contribution < 1.29 is 9.53 Å². The summed E-state index contributed by atoms with van der Waals surface area (Å²) in [4.78, 5) is 12.3. The molecular weight excluding hydrogens is 260 g/mol. The van der Waals surface area contributed by atoms with E-state index in [4.69, 9.17) is 16.3 Å². The SMILES string of the molecule is COc1ccc(Cl)cc1NC(=O)c1ccns1. The number of ether oxygens (including phenoxy) is 1. The average molecular weight is 269 g/mol. The lowest BCUT2D eigenvalue weighted by atomic mass is 10.3. The van der Waals surface area contributed by atoms with Crippen LogP contribution in [0.15, 0.2) is 30.5 Å². The van der Waals surface area contributed by atoms with Gasteiger partial charge < -0.3 is 10.1 Å². The van der Waals surface area contributed by atoms with Crippen LogP contribution in [0.4, 0.5) is 5.69 Å². The number of rotatable bonds is 3. The van der Waals surface area contributed by atoms with Gasteiger partial charge in [-0.05, 0) is 35.8 Å². The van der Waals surface area contributed by atoms with Crippen LogP contribution in [0.25, 0.3) is 0 Å². The summed E-state index contributed by atoms with van der Waals surface area (Å²) in [5.74, 6) is 0.334. The number of halogens is 1. The Morgan fingerprint density at radius 3 is 2.94 bits per heavy atom. The van der Waals surface area contributed by atoms with Gasteiger partial charge in [0.15, 0.2) is 0 Å². The molecule has 1 aromatic heterocycles. The number of carbonyl (C=O) groups excluding carboxylic acids is 1. The highest BCUT2D eigenvalue weighted by Gasteiger charge is 2.11. The molecule has 0 saturated heterocycles. The van der Waals surface area contributed by atoms with Crippen LogP contribution in [-0.4, -0.2) is 17.4 Å². The maximum absolute atomic E-state index is 11.8. The first-order valence-electron chi connectivity index (χ1n) is 4.76. The molecule has 0 atom stereocenters. The lowest BCUT2D eigenvalue weighted by Crippen LogP contribution is -2.11. The Balaban J connectivity index is 2.23. The molecule has 0 aliphatic carbocycles. The monoisotopic (exact) mass is 268 g/mol. The first kappa shape index (κ1) is 11.9. The van der Waals surface area contributed by atoms with Crippen LogP contribution in [-0.2, 0) is 0 Å². The number of aromatic nitrogens is 1. The molecule has 4 nitrogen and oxygen atoms in total. The van der Waals surface area contributed by atoms with E-state index in [1.54, 1.807) is 30.5 Å². The number of carbonyl (C=O) groups is 1. The minimum Gasteiger partial charge on any atom is -0.495 e. The van der Waals surface area contributed by atoms with Crippen LogP contribution >= 0.6 is 23.1 Å². The number of hydrogen-bond donors (Lipinski definition) is 1. The molecule has 0 radical (unpaired) electrons. The second-order valence-electron chi connectivity index (χ2n) is 3.18. The minimum absolute atomic E-state index is 0.229. The van der Waals surface area contributed by atoms with E-state index in [1.165, 1.54) is 7.11 Å². The summed E-state index contributed by atoms with van der Waals surface area (Å²) in [7, 11) is 1.53. The van der Waals surface area contributed by atoms with Gasteiger partial charge in [-0.2, -0.15) is 0 Å². The Labute approximate surface area is 107 Å². The number of hydrogen-bond acceptors (Lipinski definition) is 4. The van der Waals surface area contributed by atoms with Gasteiger partial charge >= 0.3 is 0 Å². The number of nitrogens with one attached hydrogen (secondary N) is 1. The molecular formula is C11H9ClN2O2S. The van der Waals surface area contributed by atoms with Crippen LogP contribution < -0.4 is 10.1 Å². The van der Waals surface area contributed by atoms with Crippen molar-refractivity contribution in [1.82, 2.24) is 4.37 Å². The fourth-order valence-corrected chi connectivity index (χ4v) is 1.96. The normalized spacial score (nSPS) is 10.0. The minimum atomic E-state index is -0.229. The van der Waals surface area contributed by atoms with Gasteiger partial charge in [0.2, 0.25) is 0 Å². The highest BCUT2D eigenvalue weighted by Crippen LogP contribution is 2.28. The van der Waals surface area contributed by atoms with E-state index in [1.807, 2.05) is 0 Å². The predicted molar refractivity (Wildman–Crippen MR) is 68.1 cm³/mol. The largest absolute Gasteiger partial charge is 0.495 e. The highest BCUT2D eigenvalue weighted by atomic mass is 35.5. The van der Waals surface area contributed by atoms with E-state index in [0.717, 1.165) is 11.5 Å². The van der Waals surface area contributed by atoms with Crippen molar-refractivity contribution >= 4 is 34.7 Å². The summed E-state index contributed by atoms with van der Waals surface area (Å²) < 4.78 is 9.00. The molecule has 2 aromatic rings. The lowest BCUT2D eigenvalue weighted by molar-refractivity contribution is 0.103. The average Bonchev–Trinajstić information content (AvgIpc) is 2.83. The molecule has 0 aliphatic rings. The molecule has 0 bridgehead atoms. The van der Waals surface area contributed by atoms with E-state index < -0.39 is 0 Å². The number of anilines is 1. The molecule has 88 valence electrons. The maximum atomic E-state index is 11.8. The van der Waals surface area contributed by atoms with Crippen molar-refractivity contribution in [2.45, 2.75) is 0 Å². The van der Waals surface area contributed by atoms with Crippen LogP contribution in [0.5, 0.6) is 5.75 Å². The van der Waals surface area contributed by atoms with Crippen LogP contribution in [0, 0.1) is 0 Å². The number of benzene rings is 1. The summed E-state index contributed by atoms with van der Waals surface area (Å²) in [5, 5.41) is 3.26. The van der Waals surface area contributed by atoms with Crippen LogP contribution in [0.1, 0.15) is 9.67 Å². The third kappa shape index (κ3) is 2.75. The van der Waals surface area contributed by atoms with Crippen molar-refractivity contribution in [3.05, 3.63) is 40.4 Å². The zero-order chi connectivity index (χ0) is 12.3. The van der Waals surface area contributed by atoms with Crippen molar-refractivity contribution in [1.29, 1.82) is 0 Å². The van der Waals surface area contributed by atoms with E-state index >= 15 is 0 Å². The van der Waals surface area contributed by atoms with Gasteiger partial charge in [-0.15, -0.1) is 0 Å². The molecule has 2 rings (SSSR count). The third-order valence-corrected chi connectivity index (χ3v) is 3.05. The summed E-state index contributed by atoms with van der Waals surface area (Å²) in [6, 6.07) is 6.68. The first-order valence-corrected chi connectivity index (χ1v) is 5.91. The Hall–Kier alpha value is -1.59. The second kappa shape index (κ2) is 5.16. The Morgan fingerprint density at radius 1 is 1.47 bits per heavy atom. The first-order chi connectivity index (χ1) is 8.20. The lowest BCUT2D eigenvalue weighted by Gasteiger charge is -2.09. The Kier molecular flexibility index (Phi) is 3.61. The van der Waals surface area contributed by atoms with Crippen molar-refractivity contribution in [3.8, 4) is 5.75 Å². The Morgan fingerprint density at radius 2 is 2.29 bits per heavy atom. The topological polar surface area (TPSA) is 51.2 Å². The van der Waals surface area contributed by atoms with Gasteiger partial charge in [0.05, 0.1) is 12.8 Å². The summed E-state index contributed by atoms with van der Waals surface area (Å²) in [6.07, 6.45) is 1.58. The molecule has 0 aliphatic heterocycles. The molecule has 0 fully saturated rings. The number of amides is 1. The summed E-state index contributed by atoms with van der Waals surface area (Å²) in [6.45, 7) is 0. The molecule has 0 spiro atoms. The fraction of sp³-hybridized carbons (Fsp3) is 0.0909. The summed E-state index contributed by atoms with van der Waals surface area (Å²) in [5.41, 5.74) is 0.540. The highest BCUT2D eigenvalue weighted by molar-refractivity contribution is 7.08. The van der Waals surface area contributed by atoms with E-state index in [-0.39, 0.29) is 5.91 Å². The van der Waals surface area contributed by atoms with Crippen molar-refractivity contribution in [2.24, 2.45) is 0 Å². The standard InChI is InChI=1S/C11H9ClN2O2S/c1-16-9-3-2-7(12)6-8(9)14-11(15)10-4-5-13-17-10/h2-6H,1H3,(H,14,15). The number of methoxy groups -OCH3 is 1. The Bertz CT molecular complexity index is 528. The van der Waals surface area contributed by atoms with Gasteiger partial charge in [-0.3, -0.25) is 4.79 Å². The van der Waals surface area contributed by atoms with E-state index in [2.05, 4.69) is 9.69 Å². The van der Waals surface area contributed by atoms with E-state index in [9.17, 15) is 4.79 Å². The molecule has 0 saturated carbocycles. The predicted octanol–water partition coefficient (Wildman–Crippen LogP) is 3.06. The van der Waals surface area contributed by atoms with Gasteiger partial charge in [0.25, 0.3) is 5.91 Å². The molecule has 1 N–H and O–H groups in total. The van der Waals surface area contributed by atoms with Gasteiger partial charge in [-0.25, -0.2) is 4.37 Å². The molecule has 1 heterocycles. The maximum Gasteiger partial charge on any atom is 0.267 e. The summed E-state index contributed by atoms with van der Waals surface area (Å²) >= 11 is 7.00. The molecule has 1 amide bonds. The van der Waals surface area contributed by atoms with Gasteiger partial charge in [-0.1, -0.05) is 11.6 Å². The smallest absolute Gasteiger partial charge is 0.267 e. The quantitative estimate of drug-likeness (QED) is 0.931. The fourth-order valence-electron chi connectivity index (χ4n) is 1.29. The van der Waals surface area contributed by atoms with Crippen molar-refractivity contribution in [3.63, 3.8) is 0 Å². The van der Waals surface area contributed by atoms with Crippen LogP contribution in [0.3, 0.4) is 0 Å². The molecule has 0 unspecified atom stereocenters. The van der Waals surface area contributed by atoms with Crippen molar-refractivity contribution in [2.75, 3.05) is 12.4 Å². The molecule has 1 aromatic carbocycles. The zero-order valence-corrected chi connectivity index (χ0v) is 10.5. The molecule has 17 heavy (non-hydrogen) atoms. The second-order valence-corrected chi connectivity index (χ2v) is 4.45. The van der Waals surface area contributed by atoms with E-state index in [0.29, 0.717) is 21.3 Å². The molecule has 6 heteroatoms. The third-order valence-electron chi connectivity index (χ3n) is 2.07. The zero-order valence-electron chi connectivity index (χ0n) is 8.94. The van der Waals surface area contributed by atoms with Gasteiger partial charge in [0.1, 0.15) is 10.6 Å².